The van der Waals surface area contributed by atoms with Crippen molar-refractivity contribution >= 4 is 6.03 Å². The Kier molecular flexibility index (Phi) is 6.85. The van der Waals surface area contributed by atoms with Crippen molar-refractivity contribution < 1.29 is 9.90 Å². The van der Waals surface area contributed by atoms with Gasteiger partial charge in [0.1, 0.15) is 0 Å². The summed E-state index contributed by atoms with van der Waals surface area (Å²) in [6.45, 7) is 11.5. The molecule has 1 saturated heterocycles. The van der Waals surface area contributed by atoms with Crippen molar-refractivity contribution in [2.45, 2.75) is 58.7 Å². The molecule has 2 N–H and O–H groups in total. The van der Waals surface area contributed by atoms with Gasteiger partial charge in [-0.2, -0.15) is 0 Å². The molecule has 0 atom stereocenters. The number of nitrogens with one attached hydrogen (secondary N) is 1. The van der Waals surface area contributed by atoms with Crippen LogP contribution in [0.15, 0.2) is 24.3 Å². The Morgan fingerprint density at radius 3 is 2.52 bits per heavy atom. The van der Waals surface area contributed by atoms with Gasteiger partial charge in [0, 0.05) is 32.2 Å². The van der Waals surface area contributed by atoms with Crippen LogP contribution in [-0.4, -0.2) is 58.8 Å². The van der Waals surface area contributed by atoms with Gasteiger partial charge in [-0.3, -0.25) is 4.90 Å². The van der Waals surface area contributed by atoms with Crippen LogP contribution in [0.25, 0.3) is 0 Å². The maximum Gasteiger partial charge on any atom is 0.317 e. The molecular formula is C20H33N3O2. The lowest BCUT2D eigenvalue weighted by Gasteiger charge is -2.35. The average molecular weight is 348 g/mol. The zero-order valence-corrected chi connectivity index (χ0v) is 16.1. The van der Waals surface area contributed by atoms with Crippen molar-refractivity contribution in [2.75, 3.05) is 26.2 Å². The fraction of sp³-hybridized carbons (Fsp3) is 0.650. The predicted molar refractivity (Wildman–Crippen MR) is 102 cm³/mol. The molecule has 1 aliphatic heterocycles. The number of aryl methyl sites for hydroxylation is 1. The fourth-order valence-corrected chi connectivity index (χ4v) is 3.32. The summed E-state index contributed by atoms with van der Waals surface area (Å²) in [4.78, 5) is 16.6. The average Bonchev–Trinajstić information content (AvgIpc) is 2.55. The van der Waals surface area contributed by atoms with Crippen molar-refractivity contribution in [1.29, 1.82) is 0 Å². The number of hydrogen-bond donors (Lipinski definition) is 2. The Balaban J connectivity index is 1.80. The number of rotatable bonds is 6. The van der Waals surface area contributed by atoms with Gasteiger partial charge >= 0.3 is 6.03 Å². The van der Waals surface area contributed by atoms with E-state index in [1.165, 1.54) is 11.1 Å². The first-order chi connectivity index (χ1) is 11.8. The third kappa shape index (κ3) is 6.33. The summed E-state index contributed by atoms with van der Waals surface area (Å²) in [5.74, 6) is 0. The lowest BCUT2D eigenvalue weighted by molar-refractivity contribution is 0.0470. The first-order valence-corrected chi connectivity index (χ1v) is 9.33. The Morgan fingerprint density at radius 2 is 1.96 bits per heavy atom. The number of benzene rings is 1. The van der Waals surface area contributed by atoms with E-state index in [4.69, 9.17) is 0 Å². The number of likely N-dealkylation sites (tertiary alicyclic amines) is 1. The summed E-state index contributed by atoms with van der Waals surface area (Å²) in [6, 6.07) is 8.67. The molecule has 2 rings (SSSR count). The number of piperidine rings is 1. The van der Waals surface area contributed by atoms with Crippen LogP contribution in [0.2, 0.25) is 0 Å². The van der Waals surface area contributed by atoms with Gasteiger partial charge in [0.15, 0.2) is 0 Å². The molecule has 1 aliphatic rings. The van der Waals surface area contributed by atoms with E-state index in [2.05, 4.69) is 41.4 Å². The van der Waals surface area contributed by atoms with E-state index < -0.39 is 5.60 Å². The van der Waals surface area contributed by atoms with Crippen LogP contribution in [0.1, 0.15) is 44.7 Å². The second-order valence-electron chi connectivity index (χ2n) is 7.75. The third-order valence-corrected chi connectivity index (χ3v) is 4.82. The summed E-state index contributed by atoms with van der Waals surface area (Å²) in [7, 11) is 0. The molecular weight excluding hydrogens is 314 g/mol. The van der Waals surface area contributed by atoms with E-state index in [1.54, 1.807) is 18.7 Å². The molecule has 140 valence electrons. The third-order valence-electron chi connectivity index (χ3n) is 4.82. The minimum Gasteiger partial charge on any atom is -0.389 e. The van der Waals surface area contributed by atoms with Crippen LogP contribution < -0.4 is 5.32 Å². The molecule has 5 heteroatoms. The van der Waals surface area contributed by atoms with Crippen molar-refractivity contribution in [3.8, 4) is 0 Å². The van der Waals surface area contributed by atoms with E-state index >= 15 is 0 Å². The minimum absolute atomic E-state index is 0.0676. The topological polar surface area (TPSA) is 55.8 Å². The summed E-state index contributed by atoms with van der Waals surface area (Å²) in [5, 5.41) is 13.1. The number of carbonyl (C=O) groups excluding carboxylic acids is 1. The number of urea groups is 1. The molecule has 1 fully saturated rings. The standard InChI is InChI=1S/C20H33N3O2/c1-5-23(15-20(3,4)25)19(24)21-18-10-12-22(13-11-18)14-17-9-7-6-8-16(17)2/h6-9,18,25H,5,10-15H2,1-4H3,(H,21,24). The van der Waals surface area contributed by atoms with E-state index in [9.17, 15) is 9.90 Å². The van der Waals surface area contributed by atoms with E-state index in [0.29, 0.717) is 13.1 Å². The van der Waals surface area contributed by atoms with Crippen molar-refractivity contribution in [2.24, 2.45) is 0 Å². The highest BCUT2D eigenvalue weighted by Crippen LogP contribution is 2.16. The number of nitrogens with zero attached hydrogens (tertiary/aromatic N) is 2. The van der Waals surface area contributed by atoms with Crippen LogP contribution in [0, 0.1) is 6.92 Å². The van der Waals surface area contributed by atoms with Gasteiger partial charge in [-0.05, 0) is 51.7 Å². The number of aliphatic hydroxyl groups is 1. The molecule has 0 aromatic heterocycles. The lowest BCUT2D eigenvalue weighted by atomic mass is 10.0. The normalized spacial score (nSPS) is 16.7. The molecule has 0 saturated carbocycles. The van der Waals surface area contributed by atoms with E-state index in [0.717, 1.165) is 32.5 Å². The molecule has 2 amide bonds. The first kappa shape index (κ1) is 19.7. The molecule has 0 radical (unpaired) electrons. The number of likely N-dealkylation sites (N-methyl/N-ethyl adjacent to an activating group) is 1. The lowest BCUT2D eigenvalue weighted by Crippen LogP contribution is -2.51. The quantitative estimate of drug-likeness (QED) is 0.832. The molecule has 0 aliphatic carbocycles. The largest absolute Gasteiger partial charge is 0.389 e. The van der Waals surface area contributed by atoms with Gasteiger partial charge in [0.25, 0.3) is 0 Å². The van der Waals surface area contributed by atoms with Crippen molar-refractivity contribution in [3.63, 3.8) is 0 Å². The molecule has 1 aromatic carbocycles. The van der Waals surface area contributed by atoms with Gasteiger partial charge in [-0.25, -0.2) is 4.79 Å². The summed E-state index contributed by atoms with van der Waals surface area (Å²) >= 11 is 0. The van der Waals surface area contributed by atoms with Crippen LogP contribution in [0.5, 0.6) is 0 Å². The Bertz CT molecular complexity index is 560. The zero-order valence-electron chi connectivity index (χ0n) is 16.1. The Hall–Kier alpha value is -1.59. The highest BCUT2D eigenvalue weighted by atomic mass is 16.3. The van der Waals surface area contributed by atoms with Gasteiger partial charge in [0.05, 0.1) is 12.1 Å². The minimum atomic E-state index is -0.871. The number of amides is 2. The second kappa shape index (κ2) is 8.68. The maximum atomic E-state index is 12.4. The predicted octanol–water partition coefficient (Wildman–Crippen LogP) is 2.76. The fourth-order valence-electron chi connectivity index (χ4n) is 3.32. The molecule has 0 unspecified atom stereocenters. The Labute approximate surface area is 152 Å². The SMILES string of the molecule is CCN(CC(C)(C)O)C(=O)NC1CCN(Cc2ccccc2C)CC1. The Morgan fingerprint density at radius 1 is 1.32 bits per heavy atom. The molecule has 0 spiro atoms. The highest BCUT2D eigenvalue weighted by molar-refractivity contribution is 5.74. The molecule has 25 heavy (non-hydrogen) atoms. The molecule has 0 bridgehead atoms. The maximum absolute atomic E-state index is 12.4. The summed E-state index contributed by atoms with van der Waals surface area (Å²) in [5.41, 5.74) is 1.85. The highest BCUT2D eigenvalue weighted by Gasteiger charge is 2.25. The van der Waals surface area contributed by atoms with Crippen LogP contribution in [0.3, 0.4) is 0 Å². The second-order valence-corrected chi connectivity index (χ2v) is 7.75. The molecule has 1 heterocycles. The summed E-state index contributed by atoms with van der Waals surface area (Å²) in [6.07, 6.45) is 1.94. The van der Waals surface area contributed by atoms with E-state index in [1.807, 2.05) is 6.92 Å². The van der Waals surface area contributed by atoms with Crippen LogP contribution in [-0.2, 0) is 6.54 Å². The smallest absolute Gasteiger partial charge is 0.317 e. The van der Waals surface area contributed by atoms with Crippen molar-refractivity contribution in [3.05, 3.63) is 35.4 Å². The van der Waals surface area contributed by atoms with Gasteiger partial charge in [-0.15, -0.1) is 0 Å². The molecule has 1 aromatic rings. The molecule has 5 nitrogen and oxygen atoms in total. The monoisotopic (exact) mass is 347 g/mol. The number of carbonyl (C=O) groups is 1. The van der Waals surface area contributed by atoms with Crippen molar-refractivity contribution in [1.82, 2.24) is 15.1 Å². The first-order valence-electron chi connectivity index (χ1n) is 9.33. The zero-order chi connectivity index (χ0) is 18.4. The van der Waals surface area contributed by atoms with Gasteiger partial charge < -0.3 is 15.3 Å². The van der Waals surface area contributed by atoms with Crippen LogP contribution in [0.4, 0.5) is 4.79 Å². The van der Waals surface area contributed by atoms with E-state index in [-0.39, 0.29) is 12.1 Å². The van der Waals surface area contributed by atoms with Crippen LogP contribution >= 0.6 is 0 Å². The number of hydrogen-bond acceptors (Lipinski definition) is 3. The van der Waals surface area contributed by atoms with Gasteiger partial charge in [0.2, 0.25) is 0 Å². The summed E-state index contributed by atoms with van der Waals surface area (Å²) < 4.78 is 0. The van der Waals surface area contributed by atoms with Gasteiger partial charge in [-0.1, -0.05) is 24.3 Å².